The van der Waals surface area contributed by atoms with Crippen LogP contribution >= 0.6 is 0 Å². The minimum atomic E-state index is -0.761. The summed E-state index contributed by atoms with van der Waals surface area (Å²) >= 11 is 0. The van der Waals surface area contributed by atoms with Crippen molar-refractivity contribution in [3.8, 4) is 11.7 Å². The van der Waals surface area contributed by atoms with E-state index in [9.17, 15) is 23.8 Å². The molecule has 3 aromatic rings. The summed E-state index contributed by atoms with van der Waals surface area (Å²) in [6, 6.07) is 7.48. The molecule has 26 heavy (non-hydrogen) atoms. The van der Waals surface area contributed by atoms with Crippen molar-refractivity contribution >= 4 is 23.0 Å². The van der Waals surface area contributed by atoms with E-state index in [1.807, 2.05) is 0 Å². The second-order valence-corrected chi connectivity index (χ2v) is 5.74. The fourth-order valence-corrected chi connectivity index (χ4v) is 2.51. The number of hydrogen-bond acceptors (Lipinski definition) is 4. The van der Waals surface area contributed by atoms with Gasteiger partial charge in [-0.25, -0.2) is 8.78 Å². The molecule has 0 bridgehead atoms. The molecule has 0 radical (unpaired) electrons. The zero-order chi connectivity index (χ0) is 18.8. The molecule has 2 aromatic carbocycles. The number of nitrogens with one attached hydrogen (secondary N) is 1. The van der Waals surface area contributed by atoms with Gasteiger partial charge in [0.2, 0.25) is 11.7 Å². The molecule has 0 fully saturated rings. The van der Waals surface area contributed by atoms with Crippen molar-refractivity contribution in [2.24, 2.45) is 0 Å². The number of benzene rings is 2. The van der Waals surface area contributed by atoms with E-state index in [4.69, 9.17) is 4.42 Å². The Kier molecular flexibility index (Phi) is 4.62. The lowest BCUT2D eigenvalue weighted by atomic mass is 10.1. The average Bonchev–Trinajstić information content (AvgIpc) is 2.88. The first-order chi connectivity index (χ1) is 12.3. The van der Waals surface area contributed by atoms with Crippen molar-refractivity contribution in [3.63, 3.8) is 0 Å². The molecule has 0 aliphatic rings. The van der Waals surface area contributed by atoms with Gasteiger partial charge in [0.25, 0.3) is 0 Å². The van der Waals surface area contributed by atoms with Crippen LogP contribution in [-0.2, 0) is 4.79 Å². The highest BCUT2D eigenvalue weighted by molar-refractivity contribution is 5.92. The smallest absolute Gasteiger partial charge is 0.327 e. The molecule has 1 unspecified atom stereocenters. The third-order valence-corrected chi connectivity index (χ3v) is 3.90. The molecule has 3 rings (SSSR count). The maximum atomic E-state index is 13.5. The van der Waals surface area contributed by atoms with Crippen LogP contribution in [0.15, 0.2) is 46.9 Å². The summed E-state index contributed by atoms with van der Waals surface area (Å²) in [6.45, 7) is 1.72. The lowest BCUT2D eigenvalue weighted by Gasteiger charge is -2.13. The quantitative estimate of drug-likeness (QED) is 0.615. The van der Waals surface area contributed by atoms with E-state index >= 15 is 0 Å². The second-order valence-electron chi connectivity index (χ2n) is 5.74. The monoisotopic (exact) mass is 359 g/mol. The lowest BCUT2D eigenvalue weighted by molar-refractivity contribution is -0.117. The van der Waals surface area contributed by atoms with Gasteiger partial charge in [0.1, 0.15) is 17.2 Å². The summed E-state index contributed by atoms with van der Waals surface area (Å²) in [5, 5.41) is 22.1. The van der Waals surface area contributed by atoms with Gasteiger partial charge in [-0.15, -0.1) is 0 Å². The fraction of sp³-hybridized carbons (Fsp3) is 0.105. The first-order valence-electron chi connectivity index (χ1n) is 7.73. The summed E-state index contributed by atoms with van der Waals surface area (Å²) in [5.74, 6) is -2.87. The Labute approximate surface area is 147 Å². The van der Waals surface area contributed by atoms with Gasteiger partial charge in [-0.1, -0.05) is 6.07 Å². The predicted octanol–water partition coefficient (Wildman–Crippen LogP) is 4.01. The first-order valence-corrected chi connectivity index (χ1v) is 7.73. The molecule has 0 saturated heterocycles. The van der Waals surface area contributed by atoms with Crippen molar-refractivity contribution in [3.05, 3.63) is 65.2 Å². The van der Waals surface area contributed by atoms with Crippen molar-refractivity contribution in [2.75, 3.05) is 0 Å². The topological polar surface area (TPSA) is 82.7 Å². The van der Waals surface area contributed by atoms with Crippen LogP contribution in [0.4, 0.5) is 8.78 Å². The average molecular weight is 359 g/mol. The van der Waals surface area contributed by atoms with Crippen LogP contribution in [0.5, 0.6) is 11.7 Å². The summed E-state index contributed by atoms with van der Waals surface area (Å²) in [5.41, 5.74) is 1.08. The summed E-state index contributed by atoms with van der Waals surface area (Å²) < 4.78 is 31.4. The van der Waals surface area contributed by atoms with Crippen LogP contribution < -0.4 is 5.32 Å². The minimum absolute atomic E-state index is 0.0921. The predicted molar refractivity (Wildman–Crippen MR) is 91.5 cm³/mol. The molecule has 0 aliphatic carbocycles. The minimum Gasteiger partial charge on any atom is -0.501 e. The highest BCUT2D eigenvalue weighted by Gasteiger charge is 2.15. The number of halogens is 2. The van der Waals surface area contributed by atoms with E-state index in [-0.39, 0.29) is 11.3 Å². The number of amides is 1. The van der Waals surface area contributed by atoms with Gasteiger partial charge < -0.3 is 19.9 Å². The van der Waals surface area contributed by atoms with Gasteiger partial charge in [0.15, 0.2) is 0 Å². The van der Waals surface area contributed by atoms with Crippen molar-refractivity contribution in [2.45, 2.75) is 13.0 Å². The Morgan fingerprint density at radius 3 is 2.69 bits per heavy atom. The molecule has 1 atom stereocenters. The molecule has 5 nitrogen and oxygen atoms in total. The normalized spacial score (nSPS) is 12.6. The van der Waals surface area contributed by atoms with Crippen LogP contribution in [0.3, 0.4) is 0 Å². The van der Waals surface area contributed by atoms with Gasteiger partial charge in [0, 0.05) is 17.7 Å². The Morgan fingerprint density at radius 1 is 1.19 bits per heavy atom. The molecule has 134 valence electrons. The SMILES string of the molecule is CC(NC(=O)C=Cc1ccc(F)cc1F)c1ccc2oc(O)c(O)c2c1. The first kappa shape index (κ1) is 17.5. The molecule has 0 aliphatic heterocycles. The summed E-state index contributed by atoms with van der Waals surface area (Å²) in [7, 11) is 0. The van der Waals surface area contributed by atoms with Gasteiger partial charge in [-0.05, 0) is 42.8 Å². The number of carbonyl (C=O) groups is 1. The van der Waals surface area contributed by atoms with Crippen molar-refractivity contribution < 1.29 is 28.2 Å². The van der Waals surface area contributed by atoms with E-state index in [1.165, 1.54) is 12.1 Å². The van der Waals surface area contributed by atoms with Crippen LogP contribution in [0.25, 0.3) is 17.0 Å². The maximum Gasteiger partial charge on any atom is 0.327 e. The molecule has 0 spiro atoms. The van der Waals surface area contributed by atoms with Crippen LogP contribution in [0.2, 0.25) is 0 Å². The molecule has 1 amide bonds. The van der Waals surface area contributed by atoms with E-state index in [2.05, 4.69) is 5.32 Å². The van der Waals surface area contributed by atoms with Gasteiger partial charge in [-0.3, -0.25) is 4.79 Å². The second kappa shape index (κ2) is 6.87. The molecule has 1 aromatic heterocycles. The lowest BCUT2D eigenvalue weighted by Crippen LogP contribution is -2.24. The Morgan fingerprint density at radius 2 is 1.96 bits per heavy atom. The molecule has 7 heteroatoms. The van der Waals surface area contributed by atoms with Crippen LogP contribution in [0, 0.1) is 11.6 Å². The largest absolute Gasteiger partial charge is 0.501 e. The van der Waals surface area contributed by atoms with Crippen molar-refractivity contribution in [1.29, 1.82) is 0 Å². The number of furan rings is 1. The van der Waals surface area contributed by atoms with E-state index < -0.39 is 29.5 Å². The van der Waals surface area contributed by atoms with E-state index in [0.29, 0.717) is 16.5 Å². The Balaban J connectivity index is 1.72. The number of aromatic hydroxyl groups is 2. The van der Waals surface area contributed by atoms with E-state index in [1.54, 1.807) is 25.1 Å². The molecular formula is C19H15F2NO4. The number of rotatable bonds is 4. The Hall–Kier alpha value is -3.35. The number of carbonyl (C=O) groups excluding carboxylic acids is 1. The highest BCUT2D eigenvalue weighted by Crippen LogP contribution is 2.38. The fourth-order valence-electron chi connectivity index (χ4n) is 2.51. The number of fused-ring (bicyclic) bond motifs is 1. The molecule has 3 N–H and O–H groups in total. The van der Waals surface area contributed by atoms with Gasteiger partial charge in [-0.2, -0.15) is 0 Å². The third kappa shape index (κ3) is 3.51. The summed E-state index contributed by atoms with van der Waals surface area (Å²) in [6.07, 6.45) is 2.40. The summed E-state index contributed by atoms with van der Waals surface area (Å²) in [4.78, 5) is 12.0. The standard InChI is InChI=1S/C19H15F2NO4/c1-10(12-3-6-16-14(8-12)18(24)19(25)26-16)22-17(23)7-4-11-2-5-13(20)9-15(11)21/h2-10,24-25H,1H3,(H,22,23). The maximum absolute atomic E-state index is 13.5. The zero-order valence-corrected chi connectivity index (χ0v) is 13.7. The molecule has 1 heterocycles. The van der Waals surface area contributed by atoms with Crippen LogP contribution in [-0.4, -0.2) is 16.1 Å². The zero-order valence-electron chi connectivity index (χ0n) is 13.7. The third-order valence-electron chi connectivity index (χ3n) is 3.90. The van der Waals surface area contributed by atoms with Gasteiger partial charge >= 0.3 is 5.95 Å². The van der Waals surface area contributed by atoms with Crippen LogP contribution in [0.1, 0.15) is 24.1 Å². The Bertz CT molecular complexity index is 1010. The highest BCUT2D eigenvalue weighted by atomic mass is 19.1. The molecular weight excluding hydrogens is 344 g/mol. The molecule has 0 saturated carbocycles. The van der Waals surface area contributed by atoms with E-state index in [0.717, 1.165) is 18.2 Å². The van der Waals surface area contributed by atoms with Gasteiger partial charge in [0.05, 0.1) is 11.4 Å². The van der Waals surface area contributed by atoms with Crippen molar-refractivity contribution in [1.82, 2.24) is 5.32 Å². The number of hydrogen-bond donors (Lipinski definition) is 3.